The molecule has 2 aromatic rings. The highest BCUT2D eigenvalue weighted by Gasteiger charge is 2.35. The number of nitrogens with zero attached hydrogens (tertiary/aromatic N) is 1. The maximum absolute atomic E-state index is 13.0. The third-order valence-corrected chi connectivity index (χ3v) is 3.59. The maximum Gasteiger partial charge on any atom is 0.421 e. The zero-order chi connectivity index (χ0) is 19.4. The van der Waals surface area contributed by atoms with Gasteiger partial charge in [-0.15, -0.1) is 0 Å². The Kier molecular flexibility index (Phi) is 5.86. The summed E-state index contributed by atoms with van der Waals surface area (Å²) >= 11 is 0. The summed E-state index contributed by atoms with van der Waals surface area (Å²) in [7, 11) is 0. The van der Waals surface area contributed by atoms with Crippen LogP contribution in [0.3, 0.4) is 0 Å². The number of benzene rings is 1. The van der Waals surface area contributed by atoms with Crippen LogP contribution in [0, 0.1) is 0 Å². The van der Waals surface area contributed by atoms with E-state index in [4.69, 9.17) is 9.84 Å². The molecule has 140 valence electrons. The number of hydrogen-bond acceptors (Lipinski definition) is 4. The van der Waals surface area contributed by atoms with E-state index in [1.807, 2.05) is 0 Å². The fourth-order valence-corrected chi connectivity index (χ4v) is 2.18. The van der Waals surface area contributed by atoms with Gasteiger partial charge in [0.05, 0.1) is 5.56 Å². The molecule has 1 aromatic heterocycles. The van der Waals surface area contributed by atoms with E-state index in [0.29, 0.717) is 6.54 Å². The highest BCUT2D eigenvalue weighted by atomic mass is 19.4. The zero-order valence-electron chi connectivity index (χ0n) is 14.3. The van der Waals surface area contributed by atoms with Gasteiger partial charge in [0, 0.05) is 18.3 Å². The standard InChI is InChI=1S/C18H19F3N2O3/c1-17(2,23-10-12-5-3-6-13(9-12)16(24)25)11-26-15-14(18(19,20)21)7-4-8-22-15/h3-9,23H,10-11H2,1-2H3,(H,24,25). The van der Waals surface area contributed by atoms with Crippen molar-refractivity contribution in [2.24, 2.45) is 0 Å². The number of aromatic nitrogens is 1. The normalized spacial score (nSPS) is 12.0. The van der Waals surface area contributed by atoms with E-state index in [-0.39, 0.29) is 12.2 Å². The molecule has 0 radical (unpaired) electrons. The third kappa shape index (κ3) is 5.45. The van der Waals surface area contributed by atoms with Gasteiger partial charge in [-0.25, -0.2) is 9.78 Å². The summed E-state index contributed by atoms with van der Waals surface area (Å²) in [6.07, 6.45) is -3.30. The Hall–Kier alpha value is -2.61. The SMILES string of the molecule is CC(C)(COc1ncccc1C(F)(F)F)NCc1cccc(C(=O)O)c1. The molecule has 0 aliphatic rings. The van der Waals surface area contributed by atoms with E-state index in [2.05, 4.69) is 10.3 Å². The van der Waals surface area contributed by atoms with Gasteiger partial charge in [-0.3, -0.25) is 0 Å². The van der Waals surface area contributed by atoms with Crippen LogP contribution < -0.4 is 10.1 Å². The van der Waals surface area contributed by atoms with Gasteiger partial charge in [-0.1, -0.05) is 12.1 Å². The fourth-order valence-electron chi connectivity index (χ4n) is 2.18. The first-order valence-corrected chi connectivity index (χ1v) is 7.81. The Bertz CT molecular complexity index is 776. The van der Waals surface area contributed by atoms with Gasteiger partial charge in [0.2, 0.25) is 5.88 Å². The third-order valence-electron chi connectivity index (χ3n) is 3.59. The van der Waals surface area contributed by atoms with E-state index in [0.717, 1.165) is 11.6 Å². The summed E-state index contributed by atoms with van der Waals surface area (Å²) in [5.74, 6) is -1.49. The lowest BCUT2D eigenvalue weighted by Gasteiger charge is -2.27. The molecule has 8 heteroatoms. The molecule has 2 rings (SSSR count). The van der Waals surface area contributed by atoms with Gasteiger partial charge < -0.3 is 15.2 Å². The minimum absolute atomic E-state index is 0.0499. The molecule has 5 nitrogen and oxygen atoms in total. The number of pyridine rings is 1. The van der Waals surface area contributed by atoms with Gasteiger partial charge in [0.1, 0.15) is 12.2 Å². The lowest BCUT2D eigenvalue weighted by atomic mass is 10.1. The Morgan fingerprint density at radius 2 is 1.96 bits per heavy atom. The molecule has 0 fully saturated rings. The van der Waals surface area contributed by atoms with Crippen molar-refractivity contribution in [2.45, 2.75) is 32.1 Å². The number of carboxylic acid groups (broad SMARTS) is 1. The van der Waals surface area contributed by atoms with E-state index in [1.54, 1.807) is 26.0 Å². The van der Waals surface area contributed by atoms with Gasteiger partial charge in [0.25, 0.3) is 0 Å². The highest BCUT2D eigenvalue weighted by molar-refractivity contribution is 5.87. The molecule has 0 aliphatic carbocycles. The molecule has 0 unspecified atom stereocenters. The molecule has 0 atom stereocenters. The first-order chi connectivity index (χ1) is 12.1. The summed E-state index contributed by atoms with van der Waals surface area (Å²) in [5.41, 5.74) is -0.682. The molecule has 1 heterocycles. The highest BCUT2D eigenvalue weighted by Crippen LogP contribution is 2.34. The first-order valence-electron chi connectivity index (χ1n) is 7.81. The van der Waals surface area contributed by atoms with E-state index in [1.165, 1.54) is 24.4 Å². The Morgan fingerprint density at radius 3 is 2.62 bits per heavy atom. The number of carbonyl (C=O) groups is 1. The van der Waals surface area contributed by atoms with Crippen LogP contribution in [0.4, 0.5) is 13.2 Å². The number of hydrogen-bond donors (Lipinski definition) is 2. The average molecular weight is 368 g/mol. The Labute approximate surface area is 148 Å². The lowest BCUT2D eigenvalue weighted by Crippen LogP contribution is -2.44. The van der Waals surface area contributed by atoms with E-state index >= 15 is 0 Å². The number of nitrogens with one attached hydrogen (secondary N) is 1. The number of carboxylic acids is 1. The summed E-state index contributed by atoms with van der Waals surface area (Å²) in [6, 6.07) is 8.53. The molecule has 26 heavy (non-hydrogen) atoms. The predicted octanol–water partition coefficient (Wildman–Crippen LogP) is 3.75. The fraction of sp³-hybridized carbons (Fsp3) is 0.333. The van der Waals surface area contributed by atoms with E-state index < -0.39 is 29.1 Å². The molecular weight excluding hydrogens is 349 g/mol. The zero-order valence-corrected chi connectivity index (χ0v) is 14.3. The minimum atomic E-state index is -4.54. The number of halogens is 3. The van der Waals surface area contributed by atoms with Crippen LogP contribution in [0.1, 0.15) is 35.3 Å². The molecule has 0 aliphatic heterocycles. The average Bonchev–Trinajstić information content (AvgIpc) is 2.58. The van der Waals surface area contributed by atoms with Crippen molar-refractivity contribution in [1.82, 2.24) is 10.3 Å². The number of rotatable bonds is 7. The first kappa shape index (κ1) is 19.7. The smallest absolute Gasteiger partial charge is 0.421 e. The van der Waals surface area contributed by atoms with Crippen LogP contribution >= 0.6 is 0 Å². The lowest BCUT2D eigenvalue weighted by molar-refractivity contribution is -0.139. The van der Waals surface area contributed by atoms with Crippen LogP contribution in [-0.4, -0.2) is 28.2 Å². The van der Waals surface area contributed by atoms with Gasteiger partial charge in [-0.2, -0.15) is 13.2 Å². The summed E-state index contributed by atoms with van der Waals surface area (Å²) < 4.78 is 44.2. The Balaban J connectivity index is 2.00. The second kappa shape index (κ2) is 7.74. The predicted molar refractivity (Wildman–Crippen MR) is 89.1 cm³/mol. The quantitative estimate of drug-likeness (QED) is 0.779. The number of ether oxygens (including phenoxy) is 1. The van der Waals surface area contributed by atoms with Crippen LogP contribution in [0.15, 0.2) is 42.6 Å². The van der Waals surface area contributed by atoms with E-state index in [9.17, 15) is 18.0 Å². The van der Waals surface area contributed by atoms with Crippen LogP contribution in [0.25, 0.3) is 0 Å². The molecule has 2 N–H and O–H groups in total. The number of aromatic carboxylic acids is 1. The van der Waals surface area contributed by atoms with Crippen molar-refractivity contribution in [3.8, 4) is 5.88 Å². The molecule has 0 amide bonds. The molecule has 0 saturated carbocycles. The largest absolute Gasteiger partial charge is 0.478 e. The second-order valence-electron chi connectivity index (χ2n) is 6.39. The van der Waals surface area contributed by atoms with Crippen LogP contribution in [0.2, 0.25) is 0 Å². The van der Waals surface area contributed by atoms with Gasteiger partial charge >= 0.3 is 12.1 Å². The van der Waals surface area contributed by atoms with Gasteiger partial charge in [-0.05, 0) is 43.7 Å². The van der Waals surface area contributed by atoms with Crippen molar-refractivity contribution in [1.29, 1.82) is 0 Å². The number of alkyl halides is 3. The second-order valence-corrected chi connectivity index (χ2v) is 6.39. The summed E-state index contributed by atoms with van der Waals surface area (Å²) in [6.45, 7) is 3.83. The van der Waals surface area contributed by atoms with Crippen LogP contribution in [0.5, 0.6) is 5.88 Å². The Morgan fingerprint density at radius 1 is 1.23 bits per heavy atom. The molecular formula is C18H19F3N2O3. The topological polar surface area (TPSA) is 71.5 Å². The minimum Gasteiger partial charge on any atom is -0.478 e. The molecule has 0 saturated heterocycles. The monoisotopic (exact) mass is 368 g/mol. The van der Waals surface area contributed by atoms with Crippen molar-refractivity contribution >= 4 is 5.97 Å². The summed E-state index contributed by atoms with van der Waals surface area (Å²) in [5, 5.41) is 12.1. The van der Waals surface area contributed by atoms with Crippen molar-refractivity contribution in [2.75, 3.05) is 6.61 Å². The van der Waals surface area contributed by atoms with Crippen LogP contribution in [-0.2, 0) is 12.7 Å². The maximum atomic E-state index is 13.0. The van der Waals surface area contributed by atoms with Crippen molar-refractivity contribution < 1.29 is 27.8 Å². The van der Waals surface area contributed by atoms with Crippen molar-refractivity contribution in [3.63, 3.8) is 0 Å². The molecule has 0 spiro atoms. The molecule has 0 bridgehead atoms. The van der Waals surface area contributed by atoms with Gasteiger partial charge in [0.15, 0.2) is 0 Å². The van der Waals surface area contributed by atoms with Crippen molar-refractivity contribution in [3.05, 3.63) is 59.3 Å². The molecule has 1 aromatic carbocycles. The summed E-state index contributed by atoms with van der Waals surface area (Å²) in [4.78, 5) is 14.6.